The molecule has 1 heterocycles. The van der Waals surface area contributed by atoms with E-state index < -0.39 is 0 Å². The summed E-state index contributed by atoms with van der Waals surface area (Å²) < 4.78 is 5.26. The predicted octanol–water partition coefficient (Wildman–Crippen LogP) is 1.56. The van der Waals surface area contributed by atoms with Gasteiger partial charge in [-0.3, -0.25) is 0 Å². The molecule has 0 aromatic carbocycles. The van der Waals surface area contributed by atoms with Crippen LogP contribution in [0.25, 0.3) is 0 Å². The highest BCUT2D eigenvalue weighted by Crippen LogP contribution is 2.27. The minimum absolute atomic E-state index is 0.206. The molecule has 16 heavy (non-hydrogen) atoms. The fraction of sp³-hybridized carbons (Fsp3) is 0.917. The van der Waals surface area contributed by atoms with Gasteiger partial charge in [0.25, 0.3) is 0 Å². The molecule has 0 radical (unpaired) electrons. The van der Waals surface area contributed by atoms with Crippen LogP contribution in [0.2, 0.25) is 0 Å². The molecule has 2 amide bonds. The minimum atomic E-state index is 0.206. The van der Waals surface area contributed by atoms with Crippen molar-refractivity contribution in [3.05, 3.63) is 0 Å². The number of urea groups is 1. The predicted molar refractivity (Wildman–Crippen MR) is 62.4 cm³/mol. The lowest BCUT2D eigenvalue weighted by molar-refractivity contribution is 0.0410. The van der Waals surface area contributed by atoms with Gasteiger partial charge in [0.2, 0.25) is 0 Å². The van der Waals surface area contributed by atoms with E-state index >= 15 is 0 Å². The second-order valence-corrected chi connectivity index (χ2v) is 4.72. The van der Waals surface area contributed by atoms with Crippen LogP contribution in [0, 0.1) is 5.92 Å². The fourth-order valence-corrected chi connectivity index (χ4v) is 2.28. The van der Waals surface area contributed by atoms with E-state index in [0.29, 0.717) is 13.2 Å². The zero-order chi connectivity index (χ0) is 11.4. The number of amides is 2. The maximum absolute atomic E-state index is 12.2. The summed E-state index contributed by atoms with van der Waals surface area (Å²) in [6, 6.07) is 0.206. The molecule has 4 nitrogen and oxygen atoms in total. The molecule has 2 fully saturated rings. The number of morpholine rings is 1. The fourth-order valence-electron chi connectivity index (χ4n) is 2.28. The van der Waals surface area contributed by atoms with Crippen LogP contribution in [0.15, 0.2) is 0 Å². The van der Waals surface area contributed by atoms with E-state index in [1.54, 1.807) is 0 Å². The summed E-state index contributed by atoms with van der Waals surface area (Å²) in [5.74, 6) is 0.755. The summed E-state index contributed by atoms with van der Waals surface area (Å²) in [4.78, 5) is 16.1. The molecular formula is C12H22N2O2. The van der Waals surface area contributed by atoms with Gasteiger partial charge in [0.1, 0.15) is 0 Å². The first-order valence-electron chi connectivity index (χ1n) is 6.43. The van der Waals surface area contributed by atoms with Crippen LogP contribution in [0.4, 0.5) is 4.79 Å². The van der Waals surface area contributed by atoms with E-state index in [1.165, 1.54) is 19.3 Å². The molecule has 1 saturated carbocycles. The van der Waals surface area contributed by atoms with E-state index in [4.69, 9.17) is 4.74 Å². The number of nitrogens with zero attached hydrogens (tertiary/aromatic N) is 2. The highest BCUT2D eigenvalue weighted by Gasteiger charge is 2.26. The Morgan fingerprint density at radius 3 is 2.56 bits per heavy atom. The number of carbonyl (C=O) groups is 1. The van der Waals surface area contributed by atoms with Gasteiger partial charge in [0.05, 0.1) is 13.2 Å². The maximum Gasteiger partial charge on any atom is 0.320 e. The zero-order valence-electron chi connectivity index (χ0n) is 10.2. The molecule has 0 spiro atoms. The monoisotopic (exact) mass is 226 g/mol. The van der Waals surface area contributed by atoms with Crippen LogP contribution < -0.4 is 0 Å². The molecule has 0 atom stereocenters. The Morgan fingerprint density at radius 1 is 1.38 bits per heavy atom. The topological polar surface area (TPSA) is 32.8 Å². The molecule has 2 rings (SSSR count). The average Bonchev–Trinajstić information content (AvgIpc) is 2.28. The first kappa shape index (κ1) is 11.7. The summed E-state index contributed by atoms with van der Waals surface area (Å²) in [6.07, 6.45) is 3.94. The Kier molecular flexibility index (Phi) is 4.04. The molecule has 2 aliphatic rings. The maximum atomic E-state index is 12.2. The smallest absolute Gasteiger partial charge is 0.320 e. The van der Waals surface area contributed by atoms with Gasteiger partial charge in [-0.2, -0.15) is 0 Å². The Hall–Kier alpha value is -0.770. The van der Waals surface area contributed by atoms with Crippen LogP contribution in [-0.4, -0.2) is 55.2 Å². The zero-order valence-corrected chi connectivity index (χ0v) is 10.2. The Morgan fingerprint density at radius 2 is 2.06 bits per heavy atom. The van der Waals surface area contributed by atoms with Crippen molar-refractivity contribution in [3.63, 3.8) is 0 Å². The SMILES string of the molecule is CCN(CC1CCC1)C(=O)N1CCOCC1. The number of ether oxygens (including phenoxy) is 1. The van der Waals surface area contributed by atoms with Crippen LogP contribution in [0.3, 0.4) is 0 Å². The van der Waals surface area contributed by atoms with E-state index in [2.05, 4.69) is 6.92 Å². The third-order valence-corrected chi connectivity index (χ3v) is 3.64. The molecule has 1 aliphatic heterocycles. The molecule has 1 saturated heterocycles. The summed E-state index contributed by atoms with van der Waals surface area (Å²) in [7, 11) is 0. The van der Waals surface area contributed by atoms with E-state index in [9.17, 15) is 4.79 Å². The molecule has 0 aromatic heterocycles. The summed E-state index contributed by atoms with van der Waals surface area (Å²) in [5.41, 5.74) is 0. The van der Waals surface area contributed by atoms with Crippen molar-refractivity contribution in [2.24, 2.45) is 5.92 Å². The molecule has 0 bridgehead atoms. The molecular weight excluding hydrogens is 204 g/mol. The Labute approximate surface area is 97.5 Å². The molecule has 0 N–H and O–H groups in total. The standard InChI is InChI=1S/C12H22N2O2/c1-2-13(10-11-4-3-5-11)12(15)14-6-8-16-9-7-14/h11H,2-10H2,1H3. The van der Waals surface area contributed by atoms with Gasteiger partial charge >= 0.3 is 6.03 Å². The second-order valence-electron chi connectivity index (χ2n) is 4.72. The summed E-state index contributed by atoms with van der Waals surface area (Å²) >= 11 is 0. The van der Waals surface area contributed by atoms with Gasteiger partial charge in [0.15, 0.2) is 0 Å². The number of hydrogen-bond acceptors (Lipinski definition) is 2. The van der Waals surface area contributed by atoms with Crippen LogP contribution in [0.5, 0.6) is 0 Å². The Balaban J connectivity index is 1.83. The highest BCUT2D eigenvalue weighted by molar-refractivity contribution is 5.74. The largest absolute Gasteiger partial charge is 0.378 e. The van der Waals surface area contributed by atoms with Crippen molar-refractivity contribution < 1.29 is 9.53 Å². The lowest BCUT2D eigenvalue weighted by atomic mass is 9.85. The van der Waals surface area contributed by atoms with Crippen LogP contribution in [0.1, 0.15) is 26.2 Å². The van der Waals surface area contributed by atoms with Crippen molar-refractivity contribution in [2.75, 3.05) is 39.4 Å². The summed E-state index contributed by atoms with van der Waals surface area (Å²) in [5, 5.41) is 0. The molecule has 1 aliphatic carbocycles. The van der Waals surface area contributed by atoms with Crippen molar-refractivity contribution >= 4 is 6.03 Å². The molecule has 0 unspecified atom stereocenters. The lowest BCUT2D eigenvalue weighted by Crippen LogP contribution is -2.49. The third-order valence-electron chi connectivity index (χ3n) is 3.64. The third kappa shape index (κ3) is 2.67. The van der Waals surface area contributed by atoms with Crippen molar-refractivity contribution in [1.82, 2.24) is 9.80 Å². The normalized spacial score (nSPS) is 21.7. The van der Waals surface area contributed by atoms with Gasteiger partial charge in [0, 0.05) is 26.2 Å². The summed E-state index contributed by atoms with van der Waals surface area (Å²) in [6.45, 7) is 6.72. The molecule has 0 aromatic rings. The van der Waals surface area contributed by atoms with Crippen molar-refractivity contribution in [1.29, 1.82) is 0 Å². The highest BCUT2D eigenvalue weighted by atomic mass is 16.5. The lowest BCUT2D eigenvalue weighted by Gasteiger charge is -2.36. The first-order valence-corrected chi connectivity index (χ1v) is 6.43. The van der Waals surface area contributed by atoms with E-state index in [0.717, 1.165) is 32.1 Å². The van der Waals surface area contributed by atoms with Gasteiger partial charge in [-0.15, -0.1) is 0 Å². The quantitative estimate of drug-likeness (QED) is 0.731. The molecule has 92 valence electrons. The van der Waals surface area contributed by atoms with Gasteiger partial charge in [-0.05, 0) is 25.7 Å². The first-order chi connectivity index (χ1) is 7.81. The molecule has 4 heteroatoms. The van der Waals surface area contributed by atoms with Gasteiger partial charge in [-0.25, -0.2) is 4.79 Å². The van der Waals surface area contributed by atoms with Crippen molar-refractivity contribution in [2.45, 2.75) is 26.2 Å². The number of hydrogen-bond donors (Lipinski definition) is 0. The minimum Gasteiger partial charge on any atom is -0.378 e. The van der Waals surface area contributed by atoms with Gasteiger partial charge in [-0.1, -0.05) is 6.42 Å². The van der Waals surface area contributed by atoms with Crippen LogP contribution in [-0.2, 0) is 4.74 Å². The Bertz CT molecular complexity index is 235. The van der Waals surface area contributed by atoms with Crippen molar-refractivity contribution in [3.8, 4) is 0 Å². The van der Waals surface area contributed by atoms with E-state index in [1.807, 2.05) is 9.80 Å². The second kappa shape index (κ2) is 5.53. The number of carbonyl (C=O) groups excluding carboxylic acids is 1. The number of rotatable bonds is 3. The van der Waals surface area contributed by atoms with Gasteiger partial charge < -0.3 is 14.5 Å². The van der Waals surface area contributed by atoms with E-state index in [-0.39, 0.29) is 6.03 Å². The van der Waals surface area contributed by atoms with Crippen LogP contribution >= 0.6 is 0 Å². The average molecular weight is 226 g/mol.